The quantitative estimate of drug-likeness (QED) is 0.799. The normalized spacial score (nSPS) is 11.2. The molecule has 0 atom stereocenters. The number of aromatic nitrogens is 1. The fourth-order valence-electron chi connectivity index (χ4n) is 1.14. The third-order valence-corrected chi connectivity index (χ3v) is 1.98. The number of alkyl halides is 3. The molecule has 106 valence electrons. The Morgan fingerprint density at radius 2 is 2.16 bits per heavy atom. The predicted octanol–water partition coefficient (Wildman–Crippen LogP) is 1.40. The molecule has 1 aromatic rings. The molecule has 1 heterocycles. The first kappa shape index (κ1) is 15.2. The lowest BCUT2D eigenvalue weighted by atomic mass is 10.2. The van der Waals surface area contributed by atoms with Crippen LogP contribution >= 0.6 is 0 Å². The molecule has 0 aliphatic carbocycles. The highest BCUT2D eigenvalue weighted by molar-refractivity contribution is 5.94. The van der Waals surface area contributed by atoms with Crippen LogP contribution in [0.5, 0.6) is 5.88 Å². The van der Waals surface area contributed by atoms with Crippen molar-refractivity contribution in [1.29, 1.82) is 0 Å². The van der Waals surface area contributed by atoms with E-state index in [1.165, 1.54) is 25.4 Å². The molecule has 0 aliphatic heterocycles. The Hall–Kier alpha value is -1.83. The van der Waals surface area contributed by atoms with Crippen molar-refractivity contribution in [2.45, 2.75) is 6.18 Å². The summed E-state index contributed by atoms with van der Waals surface area (Å²) in [6.07, 6.45) is -3.16. The average molecular weight is 278 g/mol. The lowest BCUT2D eigenvalue weighted by Gasteiger charge is -2.09. The van der Waals surface area contributed by atoms with Crippen molar-refractivity contribution >= 4 is 5.91 Å². The lowest BCUT2D eigenvalue weighted by Crippen LogP contribution is -2.33. The summed E-state index contributed by atoms with van der Waals surface area (Å²) in [6.45, 7) is -0.808. The topological polar surface area (TPSA) is 60.5 Å². The number of rotatable bonds is 6. The predicted molar refractivity (Wildman–Crippen MR) is 60.0 cm³/mol. The van der Waals surface area contributed by atoms with Crippen LogP contribution in [0.1, 0.15) is 10.4 Å². The van der Waals surface area contributed by atoms with Crippen molar-refractivity contribution < 1.29 is 27.4 Å². The molecule has 0 spiro atoms. The van der Waals surface area contributed by atoms with Gasteiger partial charge in [-0.15, -0.1) is 0 Å². The number of hydrogen-bond acceptors (Lipinski definition) is 4. The minimum absolute atomic E-state index is 0.0478. The number of methoxy groups -OCH3 is 1. The molecular weight excluding hydrogens is 265 g/mol. The molecule has 19 heavy (non-hydrogen) atoms. The van der Waals surface area contributed by atoms with E-state index in [-0.39, 0.29) is 18.1 Å². The molecule has 1 N–H and O–H groups in total. The molecule has 1 rings (SSSR count). The Balaban J connectivity index is 2.57. The minimum atomic E-state index is -4.44. The Morgan fingerprint density at radius 3 is 2.79 bits per heavy atom. The summed E-state index contributed by atoms with van der Waals surface area (Å²) in [5, 5.41) is 1.76. The number of amides is 1. The SMILES string of the molecule is COCCOc1cc(C(=O)NCC(F)(F)F)ccn1. The zero-order valence-electron chi connectivity index (χ0n) is 10.2. The molecule has 0 radical (unpaired) electrons. The molecule has 0 bridgehead atoms. The van der Waals surface area contributed by atoms with Crippen LogP contribution in [0.3, 0.4) is 0 Å². The zero-order chi connectivity index (χ0) is 14.3. The summed E-state index contributed by atoms with van der Waals surface area (Å²) in [6, 6.07) is 2.57. The highest BCUT2D eigenvalue weighted by Crippen LogP contribution is 2.13. The van der Waals surface area contributed by atoms with Crippen molar-refractivity contribution in [2.75, 3.05) is 26.9 Å². The molecule has 5 nitrogen and oxygen atoms in total. The minimum Gasteiger partial charge on any atom is -0.475 e. The lowest BCUT2D eigenvalue weighted by molar-refractivity contribution is -0.123. The van der Waals surface area contributed by atoms with Crippen LogP contribution in [-0.2, 0) is 4.74 Å². The van der Waals surface area contributed by atoms with Gasteiger partial charge in [-0.05, 0) is 6.07 Å². The molecule has 0 aromatic carbocycles. The average Bonchev–Trinajstić information content (AvgIpc) is 2.36. The molecule has 1 amide bonds. The number of halogens is 3. The number of carbonyl (C=O) groups is 1. The van der Waals surface area contributed by atoms with Crippen molar-refractivity contribution in [3.8, 4) is 5.88 Å². The van der Waals surface area contributed by atoms with E-state index in [9.17, 15) is 18.0 Å². The van der Waals surface area contributed by atoms with Crippen LogP contribution in [0.2, 0.25) is 0 Å². The second-order valence-corrected chi connectivity index (χ2v) is 3.52. The van der Waals surface area contributed by atoms with Crippen LogP contribution in [0.25, 0.3) is 0 Å². The maximum Gasteiger partial charge on any atom is 0.405 e. The van der Waals surface area contributed by atoms with E-state index in [4.69, 9.17) is 9.47 Å². The summed E-state index contributed by atoms with van der Waals surface area (Å²) in [5.74, 6) is -0.687. The molecule has 0 unspecified atom stereocenters. The van der Waals surface area contributed by atoms with E-state index in [2.05, 4.69) is 4.98 Å². The van der Waals surface area contributed by atoms with Gasteiger partial charge in [0.2, 0.25) is 5.88 Å². The Kier molecular flexibility index (Phi) is 5.56. The van der Waals surface area contributed by atoms with Crippen LogP contribution in [0, 0.1) is 0 Å². The van der Waals surface area contributed by atoms with Gasteiger partial charge < -0.3 is 14.8 Å². The van der Waals surface area contributed by atoms with E-state index in [1.807, 2.05) is 0 Å². The van der Waals surface area contributed by atoms with Gasteiger partial charge in [-0.25, -0.2) is 4.98 Å². The molecule has 0 aliphatic rings. The van der Waals surface area contributed by atoms with Gasteiger partial charge >= 0.3 is 6.18 Å². The number of pyridine rings is 1. The summed E-state index contributed by atoms with van der Waals surface area (Å²) >= 11 is 0. The van der Waals surface area contributed by atoms with Crippen LogP contribution in [-0.4, -0.2) is 43.9 Å². The second kappa shape index (κ2) is 6.93. The third-order valence-electron chi connectivity index (χ3n) is 1.98. The van der Waals surface area contributed by atoms with Gasteiger partial charge in [0, 0.05) is 24.9 Å². The second-order valence-electron chi connectivity index (χ2n) is 3.52. The highest BCUT2D eigenvalue weighted by atomic mass is 19.4. The van der Waals surface area contributed by atoms with E-state index in [0.29, 0.717) is 6.61 Å². The maximum absolute atomic E-state index is 12.0. The van der Waals surface area contributed by atoms with Gasteiger partial charge in [-0.1, -0.05) is 0 Å². The Morgan fingerprint density at radius 1 is 1.42 bits per heavy atom. The fourth-order valence-corrected chi connectivity index (χ4v) is 1.14. The van der Waals surface area contributed by atoms with Crippen molar-refractivity contribution in [3.05, 3.63) is 23.9 Å². The molecule has 0 saturated carbocycles. The van der Waals surface area contributed by atoms with E-state index < -0.39 is 18.6 Å². The third kappa shape index (κ3) is 6.05. The zero-order valence-corrected chi connectivity index (χ0v) is 10.2. The van der Waals surface area contributed by atoms with Gasteiger partial charge in [0.1, 0.15) is 13.2 Å². The first-order valence-electron chi connectivity index (χ1n) is 5.35. The number of hydrogen-bond donors (Lipinski definition) is 1. The number of nitrogens with zero attached hydrogens (tertiary/aromatic N) is 1. The first-order valence-corrected chi connectivity index (χ1v) is 5.35. The van der Waals surface area contributed by atoms with E-state index >= 15 is 0 Å². The summed E-state index contributed by atoms with van der Waals surface area (Å²) in [4.78, 5) is 15.3. The van der Waals surface area contributed by atoms with Crippen molar-refractivity contribution in [2.24, 2.45) is 0 Å². The van der Waals surface area contributed by atoms with Gasteiger partial charge in [0.25, 0.3) is 5.91 Å². The highest BCUT2D eigenvalue weighted by Gasteiger charge is 2.27. The first-order chi connectivity index (χ1) is 8.92. The van der Waals surface area contributed by atoms with Crippen molar-refractivity contribution in [3.63, 3.8) is 0 Å². The summed E-state index contributed by atoms with van der Waals surface area (Å²) in [5.41, 5.74) is 0.0478. The number of ether oxygens (including phenoxy) is 2. The Labute approximate surface area is 107 Å². The van der Waals surface area contributed by atoms with Gasteiger partial charge in [0.05, 0.1) is 6.61 Å². The van der Waals surface area contributed by atoms with Crippen molar-refractivity contribution in [1.82, 2.24) is 10.3 Å². The maximum atomic E-state index is 12.0. The van der Waals surface area contributed by atoms with Gasteiger partial charge in [0.15, 0.2) is 0 Å². The van der Waals surface area contributed by atoms with Crippen LogP contribution < -0.4 is 10.1 Å². The monoisotopic (exact) mass is 278 g/mol. The molecule has 8 heteroatoms. The number of nitrogens with one attached hydrogen (secondary N) is 1. The smallest absolute Gasteiger partial charge is 0.405 e. The van der Waals surface area contributed by atoms with Crippen LogP contribution in [0.15, 0.2) is 18.3 Å². The standard InChI is InChI=1S/C11H13F3N2O3/c1-18-4-5-19-9-6-8(2-3-15-9)10(17)16-7-11(12,13)14/h2-3,6H,4-5,7H2,1H3,(H,16,17). The van der Waals surface area contributed by atoms with E-state index in [0.717, 1.165) is 0 Å². The molecular formula is C11H13F3N2O3. The Bertz CT molecular complexity index is 424. The summed E-state index contributed by atoms with van der Waals surface area (Å²) < 4.78 is 45.8. The largest absolute Gasteiger partial charge is 0.475 e. The van der Waals surface area contributed by atoms with E-state index in [1.54, 1.807) is 5.32 Å². The fraction of sp³-hybridized carbons (Fsp3) is 0.455. The molecule has 0 fully saturated rings. The van der Waals surface area contributed by atoms with Gasteiger partial charge in [-0.2, -0.15) is 13.2 Å². The van der Waals surface area contributed by atoms with Gasteiger partial charge in [-0.3, -0.25) is 4.79 Å². The summed E-state index contributed by atoms with van der Waals surface area (Å²) in [7, 11) is 1.50. The number of carbonyl (C=O) groups excluding carboxylic acids is 1. The molecule has 0 saturated heterocycles. The van der Waals surface area contributed by atoms with Crippen LogP contribution in [0.4, 0.5) is 13.2 Å². The molecule has 1 aromatic heterocycles.